The topological polar surface area (TPSA) is 57.0 Å². The number of benzene rings is 3. The van der Waals surface area contributed by atoms with Crippen LogP contribution in [-0.4, -0.2) is 25.8 Å². The van der Waals surface area contributed by atoms with Crippen molar-refractivity contribution in [3.8, 4) is 11.4 Å². The highest BCUT2D eigenvalue weighted by Gasteiger charge is 2.23. The molecular weight excluding hydrogens is 461 g/mol. The smallest absolute Gasteiger partial charge is 0.196 e. The molecule has 0 saturated heterocycles. The second-order valence-corrected chi connectivity index (χ2v) is 10.5. The Balaban J connectivity index is 1.57. The maximum Gasteiger partial charge on any atom is 0.196 e. The predicted octanol–water partition coefficient (Wildman–Crippen LogP) is 6.65. The van der Waals surface area contributed by atoms with Crippen LogP contribution in [0, 0.1) is 5.82 Å². The third-order valence-corrected chi connectivity index (χ3v) is 6.64. The summed E-state index contributed by atoms with van der Waals surface area (Å²) in [7, 11) is 0. The van der Waals surface area contributed by atoms with Crippen LogP contribution in [0.15, 0.2) is 84.0 Å². The van der Waals surface area contributed by atoms with Crippen molar-refractivity contribution in [2.45, 2.75) is 50.1 Å². The molecular formula is C28H28FN3O2S. The summed E-state index contributed by atoms with van der Waals surface area (Å²) in [6, 6.07) is 23.6. The Morgan fingerprint density at radius 3 is 2.29 bits per heavy atom. The van der Waals surface area contributed by atoms with Crippen LogP contribution in [0.25, 0.3) is 5.69 Å². The van der Waals surface area contributed by atoms with E-state index in [9.17, 15) is 9.18 Å². The van der Waals surface area contributed by atoms with Crippen LogP contribution in [0.4, 0.5) is 4.39 Å². The fraction of sp³-hybridized carbons (Fsp3) is 0.250. The number of carbonyl (C=O) groups is 1. The maximum atomic E-state index is 14.0. The molecule has 0 unspecified atom stereocenters. The van der Waals surface area contributed by atoms with Crippen LogP contribution >= 0.6 is 11.8 Å². The summed E-state index contributed by atoms with van der Waals surface area (Å²) in [6.07, 6.45) is 0. The van der Waals surface area contributed by atoms with Gasteiger partial charge in [0.25, 0.3) is 0 Å². The summed E-state index contributed by atoms with van der Waals surface area (Å²) in [5.74, 6) is 0.231. The zero-order valence-corrected chi connectivity index (χ0v) is 21.1. The zero-order valence-electron chi connectivity index (χ0n) is 20.2. The minimum Gasteiger partial charge on any atom is -0.483 e. The molecule has 1 atom stereocenters. The van der Waals surface area contributed by atoms with Gasteiger partial charge in [-0.15, -0.1) is 10.2 Å². The van der Waals surface area contributed by atoms with E-state index < -0.39 is 5.82 Å². The lowest BCUT2D eigenvalue weighted by atomic mass is 9.86. The number of nitrogens with zero attached hydrogens (tertiary/aromatic N) is 3. The molecule has 0 saturated carbocycles. The molecule has 0 fully saturated rings. The molecule has 0 radical (unpaired) electrons. The van der Waals surface area contributed by atoms with Crippen molar-refractivity contribution in [1.29, 1.82) is 0 Å². The van der Waals surface area contributed by atoms with Gasteiger partial charge in [0.05, 0.1) is 5.25 Å². The highest BCUT2D eigenvalue weighted by Crippen LogP contribution is 2.29. The molecule has 0 aliphatic heterocycles. The van der Waals surface area contributed by atoms with Gasteiger partial charge in [-0.05, 0) is 42.2 Å². The number of hydrogen-bond acceptors (Lipinski definition) is 5. The van der Waals surface area contributed by atoms with Crippen molar-refractivity contribution in [2.75, 3.05) is 0 Å². The molecule has 0 N–H and O–H groups in total. The van der Waals surface area contributed by atoms with E-state index in [4.69, 9.17) is 4.74 Å². The van der Waals surface area contributed by atoms with Crippen molar-refractivity contribution in [3.63, 3.8) is 0 Å². The number of ether oxygens (including phenoxy) is 1. The molecule has 4 rings (SSSR count). The Bertz CT molecular complexity index is 1300. The monoisotopic (exact) mass is 489 g/mol. The first-order valence-electron chi connectivity index (χ1n) is 11.4. The summed E-state index contributed by atoms with van der Waals surface area (Å²) >= 11 is 1.33. The largest absolute Gasteiger partial charge is 0.483 e. The molecule has 35 heavy (non-hydrogen) atoms. The van der Waals surface area contributed by atoms with Gasteiger partial charge in [0.1, 0.15) is 6.61 Å². The second-order valence-electron chi connectivity index (χ2n) is 9.24. The Morgan fingerprint density at radius 2 is 1.63 bits per heavy atom. The number of halogens is 1. The van der Waals surface area contributed by atoms with Gasteiger partial charge in [-0.3, -0.25) is 9.36 Å². The van der Waals surface area contributed by atoms with Crippen molar-refractivity contribution in [1.82, 2.24) is 14.8 Å². The molecule has 0 amide bonds. The molecule has 4 aromatic rings. The zero-order chi connectivity index (χ0) is 25.0. The Labute approximate surface area is 209 Å². The SMILES string of the molecule is C[C@@H](Sc1nnc(COc2ccccc2F)n1-c1ccccc1)C(=O)c1ccc(C(C)(C)C)cc1. The van der Waals surface area contributed by atoms with Gasteiger partial charge in [0, 0.05) is 11.3 Å². The van der Waals surface area contributed by atoms with E-state index in [0.717, 1.165) is 5.69 Å². The van der Waals surface area contributed by atoms with Crippen LogP contribution in [0.5, 0.6) is 5.75 Å². The number of ketones is 1. The number of rotatable bonds is 8. The number of hydrogen-bond donors (Lipinski definition) is 0. The van der Waals surface area contributed by atoms with E-state index in [1.165, 1.54) is 23.4 Å². The van der Waals surface area contributed by atoms with E-state index in [1.54, 1.807) is 18.2 Å². The quantitative estimate of drug-likeness (QED) is 0.205. The Hall–Kier alpha value is -3.45. The van der Waals surface area contributed by atoms with Gasteiger partial charge in [-0.25, -0.2) is 4.39 Å². The van der Waals surface area contributed by atoms with Crippen molar-refractivity contribution in [2.24, 2.45) is 0 Å². The first-order valence-corrected chi connectivity index (χ1v) is 12.3. The number of Topliss-reactive ketones (excluding diaryl/α,β-unsaturated/α-hetero) is 1. The van der Waals surface area contributed by atoms with Gasteiger partial charge in [0.15, 0.2) is 28.3 Å². The number of aromatic nitrogens is 3. The lowest BCUT2D eigenvalue weighted by Gasteiger charge is -2.19. The minimum atomic E-state index is -0.440. The van der Waals surface area contributed by atoms with Crippen LogP contribution in [0.3, 0.4) is 0 Å². The minimum absolute atomic E-state index is 0.0160. The molecule has 180 valence electrons. The summed E-state index contributed by atoms with van der Waals surface area (Å²) in [5.41, 5.74) is 2.70. The fourth-order valence-corrected chi connectivity index (χ4v) is 4.55. The average Bonchev–Trinajstić information content (AvgIpc) is 3.25. The number of para-hydroxylation sites is 2. The van der Waals surface area contributed by atoms with E-state index in [-0.39, 0.29) is 28.8 Å². The third-order valence-electron chi connectivity index (χ3n) is 5.60. The molecule has 0 bridgehead atoms. The number of carbonyl (C=O) groups excluding carboxylic acids is 1. The van der Waals surface area contributed by atoms with Gasteiger partial charge in [0.2, 0.25) is 0 Å². The van der Waals surface area contributed by atoms with Crippen LogP contribution < -0.4 is 4.74 Å². The predicted molar refractivity (Wildman–Crippen MR) is 137 cm³/mol. The van der Waals surface area contributed by atoms with E-state index in [1.807, 2.05) is 66.1 Å². The average molecular weight is 490 g/mol. The lowest BCUT2D eigenvalue weighted by Crippen LogP contribution is -2.16. The first kappa shape index (κ1) is 24.7. The van der Waals surface area contributed by atoms with Crippen LogP contribution in [-0.2, 0) is 12.0 Å². The van der Waals surface area contributed by atoms with Crippen molar-refractivity contribution in [3.05, 3.63) is 102 Å². The van der Waals surface area contributed by atoms with E-state index >= 15 is 0 Å². The summed E-state index contributed by atoms with van der Waals surface area (Å²) in [4.78, 5) is 13.2. The normalized spacial score (nSPS) is 12.4. The summed E-state index contributed by atoms with van der Waals surface area (Å²) < 4.78 is 21.6. The van der Waals surface area contributed by atoms with E-state index in [0.29, 0.717) is 16.5 Å². The second kappa shape index (κ2) is 10.4. The lowest BCUT2D eigenvalue weighted by molar-refractivity contribution is 0.0993. The molecule has 0 aliphatic carbocycles. The molecule has 0 spiro atoms. The summed E-state index contributed by atoms with van der Waals surface area (Å²) in [5, 5.41) is 8.81. The molecule has 1 heterocycles. The van der Waals surface area contributed by atoms with Crippen LogP contribution in [0.2, 0.25) is 0 Å². The molecule has 5 nitrogen and oxygen atoms in total. The van der Waals surface area contributed by atoms with Gasteiger partial charge >= 0.3 is 0 Å². The molecule has 0 aliphatic rings. The Kier molecular flexibility index (Phi) is 7.36. The van der Waals surface area contributed by atoms with Gasteiger partial charge in [-0.1, -0.05) is 87.1 Å². The van der Waals surface area contributed by atoms with Gasteiger partial charge in [-0.2, -0.15) is 0 Å². The van der Waals surface area contributed by atoms with Crippen molar-refractivity contribution < 1.29 is 13.9 Å². The standard InChI is InChI=1S/C28H28FN3O2S/c1-19(26(33)20-14-16-21(17-15-20)28(2,3)4)35-27-31-30-25(32(27)22-10-6-5-7-11-22)18-34-24-13-9-8-12-23(24)29/h5-17,19H,18H2,1-4H3/t19-/m1/s1. The van der Waals surface area contributed by atoms with E-state index in [2.05, 4.69) is 31.0 Å². The molecule has 3 aromatic carbocycles. The molecule has 7 heteroatoms. The van der Waals surface area contributed by atoms with Crippen molar-refractivity contribution >= 4 is 17.5 Å². The summed E-state index contributed by atoms with van der Waals surface area (Å²) in [6.45, 7) is 8.33. The maximum absolute atomic E-state index is 14.0. The van der Waals surface area contributed by atoms with Crippen LogP contribution in [0.1, 0.15) is 49.4 Å². The highest BCUT2D eigenvalue weighted by atomic mass is 32.2. The first-order chi connectivity index (χ1) is 16.7. The fourth-order valence-electron chi connectivity index (χ4n) is 3.59. The third kappa shape index (κ3) is 5.80. The van der Waals surface area contributed by atoms with Gasteiger partial charge < -0.3 is 4.74 Å². The Morgan fingerprint density at radius 1 is 0.971 bits per heavy atom. The number of thioether (sulfide) groups is 1. The molecule has 1 aromatic heterocycles. The highest BCUT2D eigenvalue weighted by molar-refractivity contribution is 8.00.